The van der Waals surface area contributed by atoms with Gasteiger partial charge in [0.2, 0.25) is 0 Å². The minimum atomic E-state index is -0.401. The zero-order valence-electron chi connectivity index (χ0n) is 12.8. The fourth-order valence-corrected chi connectivity index (χ4v) is 3.68. The maximum Gasteiger partial charge on any atom is 0.251 e. The molecule has 1 fully saturated rings. The predicted octanol–water partition coefficient (Wildman–Crippen LogP) is 4.45. The zero-order chi connectivity index (χ0) is 15.5. The van der Waals surface area contributed by atoms with Crippen molar-refractivity contribution in [1.82, 2.24) is 5.32 Å². The predicted molar refractivity (Wildman–Crippen MR) is 86.3 cm³/mol. The second kappa shape index (κ2) is 6.82. The van der Waals surface area contributed by atoms with Crippen molar-refractivity contribution in [2.75, 3.05) is 6.54 Å². The lowest BCUT2D eigenvalue weighted by molar-refractivity contribution is 0.0921. The molecule has 1 aliphatic carbocycles. The molecule has 0 radical (unpaired) electrons. The van der Waals surface area contributed by atoms with E-state index in [-0.39, 0.29) is 16.2 Å². The van der Waals surface area contributed by atoms with Crippen LogP contribution in [0.4, 0.5) is 4.39 Å². The van der Waals surface area contributed by atoms with Crippen molar-refractivity contribution in [2.24, 2.45) is 11.3 Å². The molecule has 2 nitrogen and oxygen atoms in total. The van der Waals surface area contributed by atoms with Crippen molar-refractivity contribution < 1.29 is 9.18 Å². The maximum atomic E-state index is 13.2. The number of hydrogen-bond donors (Lipinski definition) is 2. The van der Waals surface area contributed by atoms with Crippen LogP contribution in [0.15, 0.2) is 23.1 Å². The maximum absolute atomic E-state index is 13.2. The Morgan fingerprint density at radius 3 is 2.62 bits per heavy atom. The van der Waals surface area contributed by atoms with Crippen molar-refractivity contribution in [2.45, 2.75) is 50.8 Å². The number of hydrogen-bond acceptors (Lipinski definition) is 2. The van der Waals surface area contributed by atoms with E-state index in [1.165, 1.54) is 43.9 Å². The third-order valence-electron chi connectivity index (χ3n) is 4.34. The van der Waals surface area contributed by atoms with Crippen molar-refractivity contribution in [3.8, 4) is 0 Å². The molecule has 1 saturated carbocycles. The molecule has 0 aliphatic heterocycles. The summed E-state index contributed by atoms with van der Waals surface area (Å²) in [7, 11) is 0. The Morgan fingerprint density at radius 2 is 2.05 bits per heavy atom. The van der Waals surface area contributed by atoms with Gasteiger partial charge in [-0.3, -0.25) is 4.79 Å². The van der Waals surface area contributed by atoms with Gasteiger partial charge in [-0.1, -0.05) is 26.7 Å². The molecule has 1 amide bonds. The monoisotopic (exact) mass is 309 g/mol. The third-order valence-corrected chi connectivity index (χ3v) is 4.68. The molecule has 0 saturated heterocycles. The van der Waals surface area contributed by atoms with E-state index in [2.05, 4.69) is 31.8 Å². The van der Waals surface area contributed by atoms with Gasteiger partial charge < -0.3 is 5.32 Å². The number of nitrogens with one attached hydrogen (secondary N) is 1. The molecule has 1 aromatic carbocycles. The summed E-state index contributed by atoms with van der Waals surface area (Å²) < 4.78 is 13.2. The van der Waals surface area contributed by atoms with Crippen molar-refractivity contribution in [3.63, 3.8) is 0 Å². The highest BCUT2D eigenvalue weighted by Gasteiger charge is 2.34. The number of amides is 1. The standard InChI is InChI=1S/C17H24FNOS/c1-12(2)10-17(7-3-4-8-17)11-19-16(20)13-5-6-14(18)15(21)9-13/h5-6,9,12,21H,3-4,7-8,10-11H2,1-2H3,(H,19,20). The molecule has 1 N–H and O–H groups in total. The van der Waals surface area contributed by atoms with Crippen LogP contribution >= 0.6 is 12.6 Å². The Bertz CT molecular complexity index is 510. The second-order valence-electron chi connectivity index (χ2n) is 6.65. The summed E-state index contributed by atoms with van der Waals surface area (Å²) in [4.78, 5) is 12.4. The Kier molecular flexibility index (Phi) is 5.31. The van der Waals surface area contributed by atoms with Crippen molar-refractivity contribution in [3.05, 3.63) is 29.6 Å². The van der Waals surface area contributed by atoms with Gasteiger partial charge in [0.1, 0.15) is 5.82 Å². The van der Waals surface area contributed by atoms with Gasteiger partial charge >= 0.3 is 0 Å². The molecule has 21 heavy (non-hydrogen) atoms. The number of halogens is 1. The highest BCUT2D eigenvalue weighted by atomic mass is 32.1. The largest absolute Gasteiger partial charge is 0.351 e. The highest BCUT2D eigenvalue weighted by molar-refractivity contribution is 7.80. The quantitative estimate of drug-likeness (QED) is 0.773. The third kappa shape index (κ3) is 4.22. The van der Waals surface area contributed by atoms with Crippen LogP contribution in [0.1, 0.15) is 56.3 Å². The van der Waals surface area contributed by atoms with Gasteiger partial charge in [0.25, 0.3) is 5.91 Å². The van der Waals surface area contributed by atoms with E-state index in [9.17, 15) is 9.18 Å². The van der Waals surface area contributed by atoms with Gasteiger partial charge in [-0.15, -0.1) is 12.6 Å². The van der Waals surface area contributed by atoms with Crippen molar-refractivity contribution >= 4 is 18.5 Å². The first kappa shape index (κ1) is 16.3. The van der Waals surface area contributed by atoms with Crippen LogP contribution in [0.25, 0.3) is 0 Å². The van der Waals surface area contributed by atoms with Crippen LogP contribution in [0.2, 0.25) is 0 Å². The van der Waals surface area contributed by atoms with Gasteiger partial charge in [0.15, 0.2) is 0 Å². The van der Waals surface area contributed by atoms with Crippen LogP contribution < -0.4 is 5.32 Å². The Balaban J connectivity index is 2.00. The number of benzene rings is 1. The van der Waals surface area contributed by atoms with E-state index < -0.39 is 5.82 Å². The molecule has 0 unspecified atom stereocenters. The fourth-order valence-electron chi connectivity index (χ4n) is 3.47. The average molecular weight is 309 g/mol. The molecular formula is C17H24FNOS. The summed E-state index contributed by atoms with van der Waals surface area (Å²) in [6.07, 6.45) is 6.02. The van der Waals surface area contributed by atoms with Crippen LogP contribution in [0.5, 0.6) is 0 Å². The Hall–Kier alpha value is -1.03. The average Bonchev–Trinajstić information content (AvgIpc) is 2.87. The van der Waals surface area contributed by atoms with Gasteiger partial charge in [0.05, 0.1) is 0 Å². The summed E-state index contributed by atoms with van der Waals surface area (Å²) >= 11 is 4.02. The molecule has 1 aromatic rings. The van der Waals surface area contributed by atoms with Gasteiger partial charge in [0, 0.05) is 17.0 Å². The van der Waals surface area contributed by atoms with Gasteiger partial charge in [-0.2, -0.15) is 0 Å². The molecule has 0 heterocycles. The summed E-state index contributed by atoms with van der Waals surface area (Å²) in [5.74, 6) is 0.0946. The summed E-state index contributed by atoms with van der Waals surface area (Å²) in [5, 5.41) is 3.04. The summed E-state index contributed by atoms with van der Waals surface area (Å²) in [6.45, 7) is 5.17. The van der Waals surface area contributed by atoms with E-state index in [4.69, 9.17) is 0 Å². The van der Waals surface area contributed by atoms with E-state index in [1.807, 2.05) is 0 Å². The number of rotatable bonds is 5. The Morgan fingerprint density at radius 1 is 1.38 bits per heavy atom. The number of thiol groups is 1. The lowest BCUT2D eigenvalue weighted by Crippen LogP contribution is -2.36. The molecule has 4 heteroatoms. The lowest BCUT2D eigenvalue weighted by Gasteiger charge is -2.31. The van der Waals surface area contributed by atoms with Crippen LogP contribution in [0.3, 0.4) is 0 Å². The van der Waals surface area contributed by atoms with Crippen LogP contribution in [-0.2, 0) is 0 Å². The first-order valence-electron chi connectivity index (χ1n) is 7.69. The molecule has 0 bridgehead atoms. The van der Waals surface area contributed by atoms with Crippen molar-refractivity contribution in [1.29, 1.82) is 0 Å². The molecular weight excluding hydrogens is 285 g/mol. The zero-order valence-corrected chi connectivity index (χ0v) is 13.7. The molecule has 0 atom stereocenters. The lowest BCUT2D eigenvalue weighted by atomic mass is 9.78. The van der Waals surface area contributed by atoms with E-state index in [1.54, 1.807) is 0 Å². The molecule has 0 spiro atoms. The normalized spacial score (nSPS) is 17.2. The van der Waals surface area contributed by atoms with E-state index >= 15 is 0 Å². The molecule has 1 aliphatic rings. The van der Waals surface area contributed by atoms with E-state index in [0.29, 0.717) is 18.0 Å². The van der Waals surface area contributed by atoms with Crippen LogP contribution in [0, 0.1) is 17.2 Å². The first-order chi connectivity index (χ1) is 9.92. The summed E-state index contributed by atoms with van der Waals surface area (Å²) in [5.41, 5.74) is 0.715. The molecule has 116 valence electrons. The topological polar surface area (TPSA) is 29.1 Å². The minimum Gasteiger partial charge on any atom is -0.351 e. The van der Waals surface area contributed by atoms with Crippen LogP contribution in [-0.4, -0.2) is 12.5 Å². The van der Waals surface area contributed by atoms with Gasteiger partial charge in [-0.05, 0) is 48.8 Å². The fraction of sp³-hybridized carbons (Fsp3) is 0.588. The number of carbonyl (C=O) groups is 1. The van der Waals surface area contributed by atoms with E-state index in [0.717, 1.165) is 6.42 Å². The van der Waals surface area contributed by atoms with Gasteiger partial charge in [-0.25, -0.2) is 4.39 Å². The number of carbonyl (C=O) groups excluding carboxylic acids is 1. The molecule has 0 aromatic heterocycles. The Labute approximate surface area is 131 Å². The highest BCUT2D eigenvalue weighted by Crippen LogP contribution is 2.42. The molecule has 2 rings (SSSR count). The summed E-state index contributed by atoms with van der Waals surface area (Å²) in [6, 6.07) is 4.28. The second-order valence-corrected chi connectivity index (χ2v) is 7.14. The smallest absolute Gasteiger partial charge is 0.251 e. The minimum absolute atomic E-state index is 0.139. The first-order valence-corrected chi connectivity index (χ1v) is 8.13. The SMILES string of the molecule is CC(C)CC1(CNC(=O)c2ccc(F)c(S)c2)CCCC1.